The number of thiocarbonyl (C=S) groups is 1. The van der Waals surface area contributed by atoms with Gasteiger partial charge in [0.1, 0.15) is 4.99 Å². The van der Waals surface area contributed by atoms with Gasteiger partial charge in [-0.3, -0.25) is 4.79 Å². The topological polar surface area (TPSA) is 67.2 Å². The van der Waals surface area contributed by atoms with Gasteiger partial charge in [-0.05, 0) is 36.6 Å². The van der Waals surface area contributed by atoms with Crippen LogP contribution < -0.4 is 16.4 Å². The molecule has 0 aliphatic heterocycles. The zero-order valence-corrected chi connectivity index (χ0v) is 13.1. The Morgan fingerprint density at radius 3 is 2.65 bits per heavy atom. The molecule has 0 unspecified atom stereocenters. The molecule has 0 fully saturated rings. The summed E-state index contributed by atoms with van der Waals surface area (Å²) in [6.45, 7) is 7.45. The number of anilines is 1. The Hall–Kier alpha value is -1.62. The van der Waals surface area contributed by atoms with E-state index in [-0.39, 0.29) is 5.91 Å². The van der Waals surface area contributed by atoms with Gasteiger partial charge in [0, 0.05) is 30.8 Å². The van der Waals surface area contributed by atoms with Crippen molar-refractivity contribution in [3.8, 4) is 0 Å². The number of benzene rings is 1. The van der Waals surface area contributed by atoms with Crippen molar-refractivity contribution in [3.05, 3.63) is 29.3 Å². The van der Waals surface area contributed by atoms with Crippen LogP contribution in [0.1, 0.15) is 31.4 Å². The summed E-state index contributed by atoms with van der Waals surface area (Å²) >= 11 is 4.97. The molecule has 0 saturated heterocycles. The van der Waals surface area contributed by atoms with Crippen LogP contribution in [0.5, 0.6) is 0 Å². The maximum atomic E-state index is 11.6. The van der Waals surface area contributed by atoms with E-state index >= 15 is 0 Å². The summed E-state index contributed by atoms with van der Waals surface area (Å²) in [5.74, 6) is 0.546. The highest BCUT2D eigenvalue weighted by Gasteiger charge is 2.04. The van der Waals surface area contributed by atoms with Crippen LogP contribution in [0.15, 0.2) is 18.2 Å². The fourth-order valence-electron chi connectivity index (χ4n) is 1.78. The number of hydrogen-bond acceptors (Lipinski definition) is 3. The minimum Gasteiger partial charge on any atom is -0.389 e. The molecule has 110 valence electrons. The van der Waals surface area contributed by atoms with Crippen LogP contribution in [0.2, 0.25) is 0 Å². The molecule has 4 N–H and O–H groups in total. The van der Waals surface area contributed by atoms with Crippen molar-refractivity contribution in [2.24, 2.45) is 11.7 Å². The number of rotatable bonds is 7. The minimum absolute atomic E-state index is 0.0719. The summed E-state index contributed by atoms with van der Waals surface area (Å²) in [6, 6.07) is 5.81. The number of nitrogens with one attached hydrogen (secondary N) is 2. The van der Waals surface area contributed by atoms with Crippen molar-refractivity contribution >= 4 is 28.8 Å². The Bertz CT molecular complexity index is 486. The molecule has 20 heavy (non-hydrogen) atoms. The van der Waals surface area contributed by atoms with Crippen LogP contribution in [0.3, 0.4) is 0 Å². The van der Waals surface area contributed by atoms with Crippen LogP contribution in [0, 0.1) is 12.8 Å². The van der Waals surface area contributed by atoms with Crippen LogP contribution in [-0.4, -0.2) is 24.0 Å². The summed E-state index contributed by atoms with van der Waals surface area (Å²) < 4.78 is 0. The molecule has 1 aromatic carbocycles. The van der Waals surface area contributed by atoms with E-state index in [1.54, 1.807) is 0 Å². The van der Waals surface area contributed by atoms with E-state index in [0.717, 1.165) is 23.4 Å². The second-order valence-corrected chi connectivity index (χ2v) is 5.71. The zero-order chi connectivity index (χ0) is 15.1. The fourth-order valence-corrected chi connectivity index (χ4v) is 2.01. The SMILES string of the molecule is Cc1cc(NCCC(=O)NCC(C)C)ccc1C(N)=S. The first-order valence-electron chi connectivity index (χ1n) is 6.81. The average Bonchev–Trinajstić information content (AvgIpc) is 2.36. The lowest BCUT2D eigenvalue weighted by Crippen LogP contribution is -2.28. The van der Waals surface area contributed by atoms with Gasteiger partial charge in [-0.2, -0.15) is 0 Å². The highest BCUT2D eigenvalue weighted by molar-refractivity contribution is 7.80. The molecule has 0 atom stereocenters. The number of carbonyl (C=O) groups excluding carboxylic acids is 1. The summed E-state index contributed by atoms with van der Waals surface area (Å²) in [6.07, 6.45) is 0.461. The molecular formula is C15H23N3OS. The van der Waals surface area contributed by atoms with Gasteiger partial charge in [-0.25, -0.2) is 0 Å². The Labute approximate surface area is 126 Å². The number of nitrogens with two attached hydrogens (primary N) is 1. The van der Waals surface area contributed by atoms with Gasteiger partial charge < -0.3 is 16.4 Å². The highest BCUT2D eigenvalue weighted by Crippen LogP contribution is 2.15. The van der Waals surface area contributed by atoms with E-state index in [0.29, 0.717) is 23.9 Å². The molecule has 1 rings (SSSR count). The van der Waals surface area contributed by atoms with Crippen LogP contribution in [0.25, 0.3) is 0 Å². The second kappa shape index (κ2) is 7.85. The largest absolute Gasteiger partial charge is 0.389 e. The summed E-state index contributed by atoms with van der Waals surface area (Å²) in [5.41, 5.74) is 8.51. The molecule has 0 aliphatic carbocycles. The standard InChI is InChI=1S/C15H23N3OS/c1-10(2)9-18-14(19)6-7-17-12-4-5-13(15(16)20)11(3)8-12/h4-5,8,10,17H,6-7,9H2,1-3H3,(H2,16,20)(H,18,19). The van der Waals surface area contributed by atoms with Gasteiger partial charge in [0.05, 0.1) is 0 Å². The van der Waals surface area contributed by atoms with Crippen LogP contribution in [0.4, 0.5) is 5.69 Å². The van der Waals surface area contributed by atoms with Crippen molar-refractivity contribution in [2.75, 3.05) is 18.4 Å². The number of hydrogen-bond donors (Lipinski definition) is 3. The minimum atomic E-state index is 0.0719. The quantitative estimate of drug-likeness (QED) is 0.674. The average molecular weight is 293 g/mol. The molecule has 0 aliphatic rings. The summed E-state index contributed by atoms with van der Waals surface area (Å²) in [5, 5.41) is 6.12. The molecule has 4 nitrogen and oxygen atoms in total. The van der Waals surface area contributed by atoms with Crippen molar-refractivity contribution in [3.63, 3.8) is 0 Å². The van der Waals surface area contributed by atoms with Gasteiger partial charge >= 0.3 is 0 Å². The Morgan fingerprint density at radius 1 is 1.40 bits per heavy atom. The molecule has 1 amide bonds. The van der Waals surface area contributed by atoms with Crippen molar-refractivity contribution < 1.29 is 4.79 Å². The first-order chi connectivity index (χ1) is 9.40. The molecule has 0 bridgehead atoms. The van der Waals surface area contributed by atoms with E-state index in [1.165, 1.54) is 0 Å². The smallest absolute Gasteiger partial charge is 0.221 e. The molecule has 0 saturated carbocycles. The number of amides is 1. The second-order valence-electron chi connectivity index (χ2n) is 5.27. The lowest BCUT2D eigenvalue weighted by atomic mass is 10.1. The van der Waals surface area contributed by atoms with Crippen LogP contribution >= 0.6 is 12.2 Å². The van der Waals surface area contributed by atoms with Crippen molar-refractivity contribution in [1.82, 2.24) is 5.32 Å². The Morgan fingerprint density at radius 2 is 2.10 bits per heavy atom. The molecule has 0 spiro atoms. The van der Waals surface area contributed by atoms with Crippen molar-refractivity contribution in [2.45, 2.75) is 27.2 Å². The highest BCUT2D eigenvalue weighted by atomic mass is 32.1. The van der Waals surface area contributed by atoms with Gasteiger partial charge in [0.25, 0.3) is 0 Å². The maximum absolute atomic E-state index is 11.6. The lowest BCUT2D eigenvalue weighted by molar-refractivity contribution is -0.120. The van der Waals surface area contributed by atoms with E-state index in [1.807, 2.05) is 25.1 Å². The fraction of sp³-hybridized carbons (Fsp3) is 0.467. The van der Waals surface area contributed by atoms with E-state index < -0.39 is 0 Å². The van der Waals surface area contributed by atoms with Gasteiger partial charge in [-0.1, -0.05) is 26.1 Å². The van der Waals surface area contributed by atoms with E-state index in [4.69, 9.17) is 18.0 Å². The molecule has 1 aromatic rings. The molecule has 0 aromatic heterocycles. The monoisotopic (exact) mass is 293 g/mol. The molecule has 0 radical (unpaired) electrons. The lowest BCUT2D eigenvalue weighted by Gasteiger charge is -2.11. The van der Waals surface area contributed by atoms with Gasteiger partial charge in [0.15, 0.2) is 0 Å². The van der Waals surface area contributed by atoms with Gasteiger partial charge in [0.2, 0.25) is 5.91 Å². The number of aryl methyl sites for hydroxylation is 1. The Kier molecular flexibility index (Phi) is 6.45. The first-order valence-corrected chi connectivity index (χ1v) is 7.22. The molecule has 5 heteroatoms. The van der Waals surface area contributed by atoms with E-state index in [9.17, 15) is 4.79 Å². The van der Waals surface area contributed by atoms with Gasteiger partial charge in [-0.15, -0.1) is 0 Å². The third kappa shape index (κ3) is 5.57. The molecular weight excluding hydrogens is 270 g/mol. The summed E-state index contributed by atoms with van der Waals surface area (Å²) in [7, 11) is 0. The number of carbonyl (C=O) groups is 1. The normalized spacial score (nSPS) is 10.4. The predicted molar refractivity (Wildman–Crippen MR) is 88.0 cm³/mol. The molecule has 0 heterocycles. The third-order valence-corrected chi connectivity index (χ3v) is 3.10. The first kappa shape index (κ1) is 16.4. The predicted octanol–water partition coefficient (Wildman–Crippen LogP) is 2.20. The van der Waals surface area contributed by atoms with E-state index in [2.05, 4.69) is 24.5 Å². The maximum Gasteiger partial charge on any atom is 0.221 e. The third-order valence-electron chi connectivity index (χ3n) is 2.88. The zero-order valence-electron chi connectivity index (χ0n) is 12.3. The van der Waals surface area contributed by atoms with Crippen molar-refractivity contribution in [1.29, 1.82) is 0 Å². The van der Waals surface area contributed by atoms with Crippen LogP contribution in [-0.2, 0) is 4.79 Å². The Balaban J connectivity index is 2.41. The summed E-state index contributed by atoms with van der Waals surface area (Å²) in [4.78, 5) is 12.0.